The topological polar surface area (TPSA) is 144 Å². The zero-order valence-corrected chi connectivity index (χ0v) is 19.0. The molecule has 0 amide bonds. The molecule has 1 unspecified atom stereocenters. The van der Waals surface area contributed by atoms with Crippen molar-refractivity contribution in [2.45, 2.75) is 45.1 Å². The third kappa shape index (κ3) is 5.10. The van der Waals surface area contributed by atoms with Crippen molar-refractivity contribution < 1.29 is 17.7 Å². The number of benzene rings is 2. The molecule has 0 saturated carbocycles. The largest absolute Gasteiger partial charge is 0.490 e. The Morgan fingerprint density at radius 3 is 2.88 bits per heavy atom. The van der Waals surface area contributed by atoms with Crippen molar-refractivity contribution in [3.05, 3.63) is 53.1 Å². The van der Waals surface area contributed by atoms with Gasteiger partial charge in [0.15, 0.2) is 0 Å². The van der Waals surface area contributed by atoms with Crippen LogP contribution in [0.25, 0.3) is 22.8 Å². The van der Waals surface area contributed by atoms with Crippen molar-refractivity contribution in [1.29, 1.82) is 5.26 Å². The molecule has 1 aliphatic rings. The molecule has 170 valence electrons. The molecule has 2 N–H and O–H groups in total. The number of ether oxygens (including phenoxy) is 1. The van der Waals surface area contributed by atoms with Gasteiger partial charge in [-0.2, -0.15) is 23.1 Å². The van der Waals surface area contributed by atoms with Crippen molar-refractivity contribution in [2.24, 2.45) is 9.54 Å². The van der Waals surface area contributed by atoms with Gasteiger partial charge in [0, 0.05) is 23.3 Å². The van der Waals surface area contributed by atoms with Gasteiger partial charge in [-0.15, -0.1) is 0 Å². The molecule has 4 rings (SSSR count). The van der Waals surface area contributed by atoms with Gasteiger partial charge in [0.1, 0.15) is 11.8 Å². The standard InChI is InChI=1S/C23H23N5O4S/c1-14(2)31-21-10-9-15(11-17(21)12-24)23-27-22(28-32-23)20-8-4-6-18-16(5-3-7-19(18)20)13-26-33(25,29)30/h4,6,8-11,13-14,16H,3,5,7H2,1-2H3,(H2,25,29,30). The molecule has 9 nitrogen and oxygen atoms in total. The molecule has 1 heterocycles. The summed E-state index contributed by atoms with van der Waals surface area (Å²) in [5, 5.41) is 18.7. The van der Waals surface area contributed by atoms with E-state index in [-0.39, 0.29) is 12.0 Å². The Morgan fingerprint density at radius 1 is 1.33 bits per heavy atom. The molecule has 10 heteroatoms. The molecule has 0 fully saturated rings. The summed E-state index contributed by atoms with van der Waals surface area (Å²) in [7, 11) is -3.93. The molecule has 0 saturated heterocycles. The van der Waals surface area contributed by atoms with E-state index >= 15 is 0 Å². The molecule has 0 radical (unpaired) electrons. The first-order chi connectivity index (χ1) is 15.7. The van der Waals surface area contributed by atoms with E-state index in [1.165, 1.54) is 6.21 Å². The first kappa shape index (κ1) is 22.6. The molecule has 0 aliphatic heterocycles. The highest BCUT2D eigenvalue weighted by atomic mass is 32.2. The first-order valence-corrected chi connectivity index (χ1v) is 12.0. The number of nitriles is 1. The Labute approximate surface area is 192 Å². The molecule has 0 spiro atoms. The van der Waals surface area contributed by atoms with Crippen molar-refractivity contribution >= 4 is 16.4 Å². The molecule has 0 bridgehead atoms. The molecule has 2 aromatic carbocycles. The summed E-state index contributed by atoms with van der Waals surface area (Å²) < 4.78 is 37.2. The zero-order chi connectivity index (χ0) is 23.6. The van der Waals surface area contributed by atoms with Gasteiger partial charge in [-0.25, -0.2) is 5.14 Å². The SMILES string of the molecule is CC(C)Oc1ccc(-c2nc(-c3cccc4c3CCCC4C=NS(N)(=O)=O)no2)cc1C#N. The highest BCUT2D eigenvalue weighted by Gasteiger charge is 2.24. The lowest BCUT2D eigenvalue weighted by molar-refractivity contribution is 0.241. The summed E-state index contributed by atoms with van der Waals surface area (Å²) in [6.07, 6.45) is 3.77. The number of fused-ring (bicyclic) bond motifs is 1. The zero-order valence-electron chi connectivity index (χ0n) is 18.2. The minimum Gasteiger partial charge on any atom is -0.490 e. The number of aromatic nitrogens is 2. The second-order valence-electron chi connectivity index (χ2n) is 8.05. The van der Waals surface area contributed by atoms with Gasteiger partial charge in [0.2, 0.25) is 5.82 Å². The van der Waals surface area contributed by atoms with E-state index < -0.39 is 10.2 Å². The van der Waals surface area contributed by atoms with Crippen LogP contribution in [0.2, 0.25) is 0 Å². The summed E-state index contributed by atoms with van der Waals surface area (Å²) in [6.45, 7) is 3.79. The minimum atomic E-state index is -3.93. The monoisotopic (exact) mass is 465 g/mol. The molecule has 1 aliphatic carbocycles. The lowest BCUT2D eigenvalue weighted by atomic mass is 9.81. The van der Waals surface area contributed by atoms with Gasteiger partial charge in [-0.1, -0.05) is 23.4 Å². The maximum absolute atomic E-state index is 11.3. The van der Waals surface area contributed by atoms with Crippen LogP contribution in [0.5, 0.6) is 5.75 Å². The van der Waals surface area contributed by atoms with Crippen LogP contribution in [-0.4, -0.2) is 30.9 Å². The number of hydrogen-bond acceptors (Lipinski definition) is 7. The normalized spacial score (nSPS) is 16.0. The fourth-order valence-electron chi connectivity index (χ4n) is 3.97. The second-order valence-corrected chi connectivity index (χ2v) is 9.29. The van der Waals surface area contributed by atoms with Crippen LogP contribution in [0.1, 0.15) is 49.3 Å². The molecule has 3 aromatic rings. The average molecular weight is 466 g/mol. The fourth-order valence-corrected chi connectivity index (χ4v) is 4.28. The van der Waals surface area contributed by atoms with Crippen molar-refractivity contribution in [2.75, 3.05) is 0 Å². The summed E-state index contributed by atoms with van der Waals surface area (Å²) in [4.78, 5) is 4.56. The first-order valence-electron chi connectivity index (χ1n) is 10.5. The highest BCUT2D eigenvalue weighted by Crippen LogP contribution is 2.36. The van der Waals surface area contributed by atoms with Crippen molar-refractivity contribution in [3.8, 4) is 34.7 Å². The Balaban J connectivity index is 1.68. The fraction of sp³-hybridized carbons (Fsp3) is 0.304. The average Bonchev–Trinajstić information content (AvgIpc) is 3.26. The summed E-state index contributed by atoms with van der Waals surface area (Å²) >= 11 is 0. The van der Waals surface area contributed by atoms with E-state index in [0.717, 1.165) is 36.0 Å². The van der Waals surface area contributed by atoms with Gasteiger partial charge in [0.05, 0.1) is 11.7 Å². The van der Waals surface area contributed by atoms with Gasteiger partial charge in [-0.05, 0) is 62.4 Å². The molecule has 33 heavy (non-hydrogen) atoms. The Bertz CT molecular complexity index is 1360. The highest BCUT2D eigenvalue weighted by molar-refractivity contribution is 7.87. The van der Waals surface area contributed by atoms with Crippen LogP contribution in [-0.2, 0) is 16.6 Å². The van der Waals surface area contributed by atoms with E-state index in [1.54, 1.807) is 18.2 Å². The van der Waals surface area contributed by atoms with Gasteiger partial charge in [-0.3, -0.25) is 0 Å². The van der Waals surface area contributed by atoms with E-state index in [4.69, 9.17) is 14.4 Å². The predicted octanol–water partition coefficient (Wildman–Crippen LogP) is 3.76. The Hall–Kier alpha value is -3.55. The van der Waals surface area contributed by atoms with Gasteiger partial charge in [0.25, 0.3) is 5.89 Å². The number of nitrogens with zero attached hydrogens (tertiary/aromatic N) is 4. The molecule has 1 aromatic heterocycles. The number of hydrogen-bond donors (Lipinski definition) is 1. The maximum atomic E-state index is 11.3. The lowest BCUT2D eigenvalue weighted by Crippen LogP contribution is -2.15. The smallest absolute Gasteiger partial charge is 0.316 e. The predicted molar refractivity (Wildman–Crippen MR) is 123 cm³/mol. The van der Waals surface area contributed by atoms with Crippen LogP contribution < -0.4 is 9.88 Å². The van der Waals surface area contributed by atoms with E-state index in [2.05, 4.69) is 20.6 Å². The van der Waals surface area contributed by atoms with Crippen molar-refractivity contribution in [3.63, 3.8) is 0 Å². The summed E-state index contributed by atoms with van der Waals surface area (Å²) in [5.41, 5.74) is 3.82. The van der Waals surface area contributed by atoms with Crippen LogP contribution in [0, 0.1) is 11.3 Å². The third-order valence-electron chi connectivity index (χ3n) is 5.32. The molecule has 1 atom stereocenters. The van der Waals surface area contributed by atoms with E-state index in [0.29, 0.717) is 28.6 Å². The maximum Gasteiger partial charge on any atom is 0.316 e. The van der Waals surface area contributed by atoms with Crippen LogP contribution >= 0.6 is 0 Å². The Morgan fingerprint density at radius 2 is 2.15 bits per heavy atom. The van der Waals surface area contributed by atoms with Crippen LogP contribution in [0.15, 0.2) is 45.3 Å². The quantitative estimate of drug-likeness (QED) is 0.546. The lowest BCUT2D eigenvalue weighted by Gasteiger charge is -2.24. The Kier molecular flexibility index (Phi) is 6.26. The van der Waals surface area contributed by atoms with Gasteiger partial charge < -0.3 is 9.26 Å². The third-order valence-corrected chi connectivity index (χ3v) is 5.73. The molecular formula is C23H23N5O4S. The number of rotatable bonds is 6. The van der Waals surface area contributed by atoms with Crippen LogP contribution in [0.3, 0.4) is 0 Å². The molecular weight excluding hydrogens is 442 g/mol. The second kappa shape index (κ2) is 9.13. The van der Waals surface area contributed by atoms with Gasteiger partial charge >= 0.3 is 10.2 Å². The van der Waals surface area contributed by atoms with E-state index in [1.807, 2.05) is 32.0 Å². The minimum absolute atomic E-state index is 0.0546. The summed E-state index contributed by atoms with van der Waals surface area (Å²) in [6, 6.07) is 13.0. The number of nitrogens with two attached hydrogens (primary N) is 1. The van der Waals surface area contributed by atoms with E-state index in [9.17, 15) is 13.7 Å². The summed E-state index contributed by atoms with van der Waals surface area (Å²) in [5.74, 6) is 1.05. The van der Waals surface area contributed by atoms with Crippen LogP contribution in [0.4, 0.5) is 0 Å². The van der Waals surface area contributed by atoms with Crippen molar-refractivity contribution in [1.82, 2.24) is 10.1 Å².